The number of nitrogens with zero attached hydrogens (tertiary/aromatic N) is 1. The molecular weight excluding hydrogens is 215 g/mol. The van der Waals surface area contributed by atoms with Crippen molar-refractivity contribution in [2.24, 2.45) is 0 Å². The van der Waals surface area contributed by atoms with Gasteiger partial charge in [-0.25, -0.2) is 0 Å². The maximum Gasteiger partial charge on any atom is 0.417 e. The summed E-state index contributed by atoms with van der Waals surface area (Å²) < 4.78 is 38.2. The molecule has 16 heavy (non-hydrogen) atoms. The molecular formula is C12H6F3N. The predicted octanol–water partition coefficient (Wildman–Crippen LogP) is 3.73. The standard InChI is InChI=1S/C12H6F3N/c13-12(14,15)11-6-8(7-16)5-9-3-1-2-4-10(9)11/h1-6H. The molecule has 0 unspecified atom stereocenters. The van der Waals surface area contributed by atoms with Gasteiger partial charge < -0.3 is 0 Å². The van der Waals surface area contributed by atoms with Gasteiger partial charge in [-0.3, -0.25) is 0 Å². The van der Waals surface area contributed by atoms with Crippen LogP contribution in [-0.4, -0.2) is 0 Å². The minimum Gasteiger partial charge on any atom is -0.192 e. The molecule has 0 N–H and O–H groups in total. The lowest BCUT2D eigenvalue weighted by atomic mass is 10.0. The SMILES string of the molecule is N#Cc1cc(C(F)(F)F)c2ccccc2c1. The summed E-state index contributed by atoms with van der Waals surface area (Å²) in [4.78, 5) is 0. The molecule has 0 aliphatic rings. The summed E-state index contributed by atoms with van der Waals surface area (Å²) >= 11 is 0. The second-order valence-corrected chi connectivity index (χ2v) is 3.35. The van der Waals surface area contributed by atoms with Gasteiger partial charge in [-0.05, 0) is 22.9 Å². The molecule has 0 atom stereocenters. The van der Waals surface area contributed by atoms with Gasteiger partial charge in [0.25, 0.3) is 0 Å². The average molecular weight is 221 g/mol. The van der Waals surface area contributed by atoms with E-state index >= 15 is 0 Å². The van der Waals surface area contributed by atoms with Gasteiger partial charge in [0.1, 0.15) is 0 Å². The van der Waals surface area contributed by atoms with Gasteiger partial charge in [-0.1, -0.05) is 24.3 Å². The second-order valence-electron chi connectivity index (χ2n) is 3.35. The quantitative estimate of drug-likeness (QED) is 0.664. The van der Waals surface area contributed by atoms with Gasteiger partial charge in [0.15, 0.2) is 0 Å². The van der Waals surface area contributed by atoms with Gasteiger partial charge in [0.05, 0.1) is 17.2 Å². The summed E-state index contributed by atoms with van der Waals surface area (Å²) in [6.07, 6.45) is -4.44. The van der Waals surface area contributed by atoms with Gasteiger partial charge >= 0.3 is 6.18 Å². The molecule has 0 radical (unpaired) electrons. The molecule has 0 heterocycles. The lowest BCUT2D eigenvalue weighted by molar-refractivity contribution is -0.136. The largest absolute Gasteiger partial charge is 0.417 e. The van der Waals surface area contributed by atoms with Crippen molar-refractivity contribution < 1.29 is 13.2 Å². The van der Waals surface area contributed by atoms with E-state index in [4.69, 9.17) is 5.26 Å². The molecule has 1 nitrogen and oxygen atoms in total. The van der Waals surface area contributed by atoms with E-state index in [0.717, 1.165) is 6.07 Å². The minimum atomic E-state index is -4.44. The predicted molar refractivity (Wildman–Crippen MR) is 53.7 cm³/mol. The smallest absolute Gasteiger partial charge is 0.192 e. The van der Waals surface area contributed by atoms with Gasteiger partial charge in [-0.2, -0.15) is 18.4 Å². The Bertz CT molecular complexity index is 579. The molecule has 0 aliphatic heterocycles. The van der Waals surface area contributed by atoms with Crippen LogP contribution in [0, 0.1) is 11.3 Å². The van der Waals surface area contributed by atoms with Crippen molar-refractivity contribution in [3.8, 4) is 6.07 Å². The van der Waals surface area contributed by atoms with Crippen molar-refractivity contribution in [2.75, 3.05) is 0 Å². The number of fused-ring (bicyclic) bond motifs is 1. The van der Waals surface area contributed by atoms with E-state index in [9.17, 15) is 13.2 Å². The van der Waals surface area contributed by atoms with E-state index in [-0.39, 0.29) is 10.9 Å². The molecule has 2 rings (SSSR count). The number of halogens is 3. The molecule has 0 fully saturated rings. The summed E-state index contributed by atoms with van der Waals surface area (Å²) in [5, 5.41) is 9.21. The lowest BCUT2D eigenvalue weighted by Crippen LogP contribution is -2.06. The Morgan fingerprint density at radius 3 is 2.38 bits per heavy atom. The van der Waals surface area contributed by atoms with Crippen molar-refractivity contribution in [1.29, 1.82) is 5.26 Å². The van der Waals surface area contributed by atoms with Crippen molar-refractivity contribution in [2.45, 2.75) is 6.18 Å². The third-order valence-electron chi connectivity index (χ3n) is 2.30. The van der Waals surface area contributed by atoms with E-state index in [1.165, 1.54) is 12.1 Å². The highest BCUT2D eigenvalue weighted by molar-refractivity contribution is 5.87. The van der Waals surface area contributed by atoms with Crippen LogP contribution in [-0.2, 0) is 6.18 Å². The molecule has 0 saturated heterocycles. The zero-order chi connectivity index (χ0) is 11.8. The number of rotatable bonds is 0. The van der Waals surface area contributed by atoms with Crippen LogP contribution in [0.25, 0.3) is 10.8 Å². The summed E-state index contributed by atoms with van der Waals surface area (Å²) in [7, 11) is 0. The van der Waals surface area contributed by atoms with Crippen molar-refractivity contribution in [3.63, 3.8) is 0 Å². The van der Waals surface area contributed by atoms with Crippen LogP contribution in [0.15, 0.2) is 36.4 Å². The molecule has 0 spiro atoms. The Morgan fingerprint density at radius 2 is 1.75 bits per heavy atom. The second kappa shape index (κ2) is 3.53. The van der Waals surface area contributed by atoms with E-state index in [0.29, 0.717) is 5.39 Å². The van der Waals surface area contributed by atoms with Crippen LogP contribution < -0.4 is 0 Å². The monoisotopic (exact) mass is 221 g/mol. The van der Waals surface area contributed by atoms with Crippen LogP contribution in [0.5, 0.6) is 0 Å². The maximum absolute atomic E-state index is 12.7. The maximum atomic E-state index is 12.7. The first-order valence-corrected chi connectivity index (χ1v) is 4.52. The van der Waals surface area contributed by atoms with E-state index in [1.54, 1.807) is 24.3 Å². The average Bonchev–Trinajstić information content (AvgIpc) is 2.26. The molecule has 0 saturated carbocycles. The summed E-state index contributed by atoms with van der Waals surface area (Å²) in [5.74, 6) is 0. The van der Waals surface area contributed by atoms with Crippen LogP contribution in [0.3, 0.4) is 0 Å². The third-order valence-corrected chi connectivity index (χ3v) is 2.30. The van der Waals surface area contributed by atoms with Crippen LogP contribution in [0.1, 0.15) is 11.1 Å². The molecule has 2 aromatic carbocycles. The molecule has 4 heteroatoms. The Labute approximate surface area is 89.7 Å². The first-order valence-electron chi connectivity index (χ1n) is 4.52. The third kappa shape index (κ3) is 1.72. The number of nitriles is 1. The minimum absolute atomic E-state index is 0.0195. The molecule has 0 aromatic heterocycles. The van der Waals surface area contributed by atoms with Crippen LogP contribution in [0.2, 0.25) is 0 Å². The highest BCUT2D eigenvalue weighted by atomic mass is 19.4. The van der Waals surface area contributed by atoms with Gasteiger partial charge in [-0.15, -0.1) is 0 Å². The number of benzene rings is 2. The van der Waals surface area contributed by atoms with Gasteiger partial charge in [0.2, 0.25) is 0 Å². The Kier molecular flexibility index (Phi) is 2.31. The van der Waals surface area contributed by atoms with Crippen molar-refractivity contribution >= 4 is 10.8 Å². The fraction of sp³-hybridized carbons (Fsp3) is 0.0833. The molecule has 0 aliphatic carbocycles. The summed E-state index contributed by atoms with van der Waals surface area (Å²) in [5.41, 5.74) is -0.742. The first kappa shape index (κ1) is 10.5. The Balaban J connectivity index is 2.86. The highest BCUT2D eigenvalue weighted by Gasteiger charge is 2.32. The normalized spacial score (nSPS) is 11.4. The Hall–Kier alpha value is -2.02. The lowest BCUT2D eigenvalue weighted by Gasteiger charge is -2.10. The fourth-order valence-corrected chi connectivity index (χ4v) is 1.61. The number of hydrogen-bond acceptors (Lipinski definition) is 1. The van der Waals surface area contributed by atoms with E-state index < -0.39 is 11.7 Å². The molecule has 0 amide bonds. The fourth-order valence-electron chi connectivity index (χ4n) is 1.61. The summed E-state index contributed by atoms with van der Waals surface area (Å²) in [6.45, 7) is 0. The zero-order valence-electron chi connectivity index (χ0n) is 8.05. The van der Waals surface area contributed by atoms with Crippen LogP contribution >= 0.6 is 0 Å². The van der Waals surface area contributed by atoms with Gasteiger partial charge in [0, 0.05) is 0 Å². The molecule has 0 bridgehead atoms. The topological polar surface area (TPSA) is 23.8 Å². The number of hydrogen-bond donors (Lipinski definition) is 0. The summed E-state index contributed by atoms with van der Waals surface area (Å²) in [6, 6.07) is 10.2. The van der Waals surface area contributed by atoms with E-state index in [2.05, 4.69) is 0 Å². The highest BCUT2D eigenvalue weighted by Crippen LogP contribution is 2.35. The van der Waals surface area contributed by atoms with E-state index in [1.807, 2.05) is 0 Å². The van der Waals surface area contributed by atoms with Crippen molar-refractivity contribution in [3.05, 3.63) is 47.5 Å². The number of alkyl halides is 3. The molecule has 80 valence electrons. The van der Waals surface area contributed by atoms with Crippen LogP contribution in [0.4, 0.5) is 13.2 Å². The first-order chi connectivity index (χ1) is 7.52. The Morgan fingerprint density at radius 1 is 1.06 bits per heavy atom. The molecule has 2 aromatic rings. The van der Waals surface area contributed by atoms with Crippen molar-refractivity contribution in [1.82, 2.24) is 0 Å². The zero-order valence-corrected chi connectivity index (χ0v) is 8.05.